The average Bonchev–Trinajstić information content (AvgIpc) is 2.30. The molecule has 1 atom stereocenters. The van der Waals surface area contributed by atoms with E-state index in [1.54, 1.807) is 12.4 Å². The number of hydrogen-bond donors (Lipinski definition) is 1. The van der Waals surface area contributed by atoms with Crippen LogP contribution < -0.4 is 10.6 Å². The third-order valence-electron chi connectivity index (χ3n) is 2.43. The molecule has 1 aliphatic rings. The summed E-state index contributed by atoms with van der Waals surface area (Å²) in [6, 6.07) is 0. The standard InChI is InChI=1S/C10H14N4OS/c1-7-4-12-10(13-5-7)14-2-3-15-8(6-14)9(11)16/h4-5,8H,2-3,6H2,1H3,(H2,11,16). The Morgan fingerprint density at radius 3 is 2.88 bits per heavy atom. The highest BCUT2D eigenvalue weighted by Gasteiger charge is 2.23. The first-order chi connectivity index (χ1) is 7.66. The molecule has 1 aliphatic heterocycles. The zero-order chi connectivity index (χ0) is 11.5. The maximum Gasteiger partial charge on any atom is 0.225 e. The second-order valence-electron chi connectivity index (χ2n) is 3.77. The predicted molar refractivity (Wildman–Crippen MR) is 65.5 cm³/mol. The summed E-state index contributed by atoms with van der Waals surface area (Å²) in [5.41, 5.74) is 6.61. The molecule has 1 fully saturated rings. The van der Waals surface area contributed by atoms with E-state index in [1.165, 1.54) is 0 Å². The van der Waals surface area contributed by atoms with Crippen molar-refractivity contribution < 1.29 is 4.74 Å². The zero-order valence-corrected chi connectivity index (χ0v) is 9.91. The van der Waals surface area contributed by atoms with E-state index in [0.717, 1.165) is 12.1 Å². The van der Waals surface area contributed by atoms with Crippen molar-refractivity contribution in [3.05, 3.63) is 18.0 Å². The zero-order valence-electron chi connectivity index (χ0n) is 9.09. The lowest BCUT2D eigenvalue weighted by Gasteiger charge is -2.32. The summed E-state index contributed by atoms with van der Waals surface area (Å²) in [4.78, 5) is 11.0. The normalized spacial score (nSPS) is 20.8. The van der Waals surface area contributed by atoms with Gasteiger partial charge < -0.3 is 15.4 Å². The molecule has 1 unspecified atom stereocenters. The van der Waals surface area contributed by atoms with Gasteiger partial charge in [-0.25, -0.2) is 9.97 Å². The monoisotopic (exact) mass is 238 g/mol. The van der Waals surface area contributed by atoms with Crippen LogP contribution in [0.3, 0.4) is 0 Å². The second-order valence-corrected chi connectivity index (χ2v) is 4.24. The van der Waals surface area contributed by atoms with Crippen molar-refractivity contribution in [1.82, 2.24) is 9.97 Å². The maximum absolute atomic E-state index is 5.57. The Hall–Kier alpha value is -1.27. The van der Waals surface area contributed by atoms with E-state index in [9.17, 15) is 0 Å². The second kappa shape index (κ2) is 4.71. The molecule has 1 aromatic heterocycles. The molecule has 6 heteroatoms. The van der Waals surface area contributed by atoms with E-state index in [-0.39, 0.29) is 6.10 Å². The van der Waals surface area contributed by atoms with Gasteiger partial charge in [-0.1, -0.05) is 12.2 Å². The molecule has 86 valence electrons. The molecule has 5 nitrogen and oxygen atoms in total. The van der Waals surface area contributed by atoms with Gasteiger partial charge in [-0.2, -0.15) is 0 Å². The van der Waals surface area contributed by atoms with Gasteiger partial charge in [0.25, 0.3) is 0 Å². The van der Waals surface area contributed by atoms with Crippen LogP contribution in [0.15, 0.2) is 12.4 Å². The molecule has 1 aromatic rings. The van der Waals surface area contributed by atoms with Crippen LogP contribution in [0.1, 0.15) is 5.56 Å². The lowest BCUT2D eigenvalue weighted by molar-refractivity contribution is 0.0840. The van der Waals surface area contributed by atoms with Gasteiger partial charge in [0.2, 0.25) is 5.95 Å². The SMILES string of the molecule is Cc1cnc(N2CCOC(C(N)=S)C2)nc1. The third kappa shape index (κ3) is 2.45. The van der Waals surface area contributed by atoms with Gasteiger partial charge in [0, 0.05) is 18.9 Å². The molecule has 0 aromatic carbocycles. The summed E-state index contributed by atoms with van der Waals surface area (Å²) in [5, 5.41) is 0. The highest BCUT2D eigenvalue weighted by Crippen LogP contribution is 2.12. The van der Waals surface area contributed by atoms with E-state index in [2.05, 4.69) is 9.97 Å². The number of nitrogens with two attached hydrogens (primary N) is 1. The van der Waals surface area contributed by atoms with Crippen LogP contribution in [0.5, 0.6) is 0 Å². The van der Waals surface area contributed by atoms with E-state index >= 15 is 0 Å². The predicted octanol–water partition coefficient (Wildman–Crippen LogP) is 0.276. The Balaban J connectivity index is 2.09. The van der Waals surface area contributed by atoms with Gasteiger partial charge in [0.1, 0.15) is 11.1 Å². The Kier molecular flexibility index (Phi) is 3.31. The van der Waals surface area contributed by atoms with Crippen molar-refractivity contribution in [2.75, 3.05) is 24.6 Å². The summed E-state index contributed by atoms with van der Waals surface area (Å²) < 4.78 is 5.45. The van der Waals surface area contributed by atoms with Gasteiger partial charge in [-0.15, -0.1) is 0 Å². The Morgan fingerprint density at radius 1 is 1.56 bits per heavy atom. The average molecular weight is 238 g/mol. The fourth-order valence-electron chi connectivity index (χ4n) is 1.55. The van der Waals surface area contributed by atoms with Crippen molar-refractivity contribution in [2.24, 2.45) is 5.73 Å². The Labute approximate surface area is 99.6 Å². The van der Waals surface area contributed by atoms with E-state index in [4.69, 9.17) is 22.7 Å². The molecular weight excluding hydrogens is 224 g/mol. The smallest absolute Gasteiger partial charge is 0.225 e. The van der Waals surface area contributed by atoms with Crippen molar-refractivity contribution in [3.63, 3.8) is 0 Å². The van der Waals surface area contributed by atoms with Crippen molar-refractivity contribution in [3.8, 4) is 0 Å². The minimum Gasteiger partial charge on any atom is -0.391 e. The molecule has 16 heavy (non-hydrogen) atoms. The first-order valence-electron chi connectivity index (χ1n) is 5.11. The van der Waals surface area contributed by atoms with Crippen LogP contribution in [0, 0.1) is 6.92 Å². The highest BCUT2D eigenvalue weighted by molar-refractivity contribution is 7.80. The van der Waals surface area contributed by atoms with Crippen LogP contribution in [-0.2, 0) is 4.74 Å². The molecule has 1 saturated heterocycles. The number of aryl methyl sites for hydroxylation is 1. The van der Waals surface area contributed by atoms with Crippen molar-refractivity contribution >= 4 is 23.2 Å². The first-order valence-corrected chi connectivity index (χ1v) is 5.52. The summed E-state index contributed by atoms with van der Waals surface area (Å²) in [6.45, 7) is 3.95. The maximum atomic E-state index is 5.57. The lowest BCUT2D eigenvalue weighted by atomic mass is 10.3. The Bertz CT molecular complexity index is 381. The molecule has 2 N–H and O–H groups in total. The molecule has 0 radical (unpaired) electrons. The molecule has 2 rings (SSSR count). The number of hydrogen-bond acceptors (Lipinski definition) is 5. The number of morpholine rings is 1. The number of thiocarbonyl (C=S) groups is 1. The van der Waals surface area contributed by atoms with Crippen LogP contribution in [0.4, 0.5) is 5.95 Å². The number of rotatable bonds is 2. The van der Waals surface area contributed by atoms with Crippen LogP contribution in [0.25, 0.3) is 0 Å². The van der Waals surface area contributed by atoms with E-state index < -0.39 is 0 Å². The largest absolute Gasteiger partial charge is 0.391 e. The third-order valence-corrected chi connectivity index (χ3v) is 2.70. The molecule has 0 saturated carbocycles. The molecule has 2 heterocycles. The lowest BCUT2D eigenvalue weighted by Crippen LogP contribution is -2.48. The first kappa shape index (κ1) is 11.2. The van der Waals surface area contributed by atoms with E-state index in [1.807, 2.05) is 11.8 Å². The fraction of sp³-hybridized carbons (Fsp3) is 0.500. The minimum absolute atomic E-state index is 0.200. The molecule has 0 bridgehead atoms. The van der Waals surface area contributed by atoms with Crippen LogP contribution in [-0.4, -0.2) is 40.8 Å². The minimum atomic E-state index is -0.200. The van der Waals surface area contributed by atoms with Gasteiger partial charge >= 0.3 is 0 Å². The summed E-state index contributed by atoms with van der Waals surface area (Å²) in [6.07, 6.45) is 3.40. The number of anilines is 1. The van der Waals surface area contributed by atoms with Gasteiger partial charge in [0.15, 0.2) is 0 Å². The van der Waals surface area contributed by atoms with Gasteiger partial charge in [-0.3, -0.25) is 0 Å². The highest BCUT2D eigenvalue weighted by atomic mass is 32.1. The Morgan fingerprint density at radius 2 is 2.25 bits per heavy atom. The van der Waals surface area contributed by atoms with Crippen molar-refractivity contribution in [1.29, 1.82) is 0 Å². The number of nitrogens with zero attached hydrogens (tertiary/aromatic N) is 3. The molecule has 0 spiro atoms. The summed E-state index contributed by atoms with van der Waals surface area (Å²) in [7, 11) is 0. The molecular formula is C10H14N4OS. The van der Waals surface area contributed by atoms with Gasteiger partial charge in [-0.05, 0) is 12.5 Å². The fourth-order valence-corrected chi connectivity index (χ4v) is 1.69. The number of aromatic nitrogens is 2. The quantitative estimate of drug-likeness (QED) is 0.746. The number of ether oxygens (including phenoxy) is 1. The van der Waals surface area contributed by atoms with Crippen molar-refractivity contribution in [2.45, 2.75) is 13.0 Å². The van der Waals surface area contributed by atoms with Crippen LogP contribution in [0.2, 0.25) is 0 Å². The topological polar surface area (TPSA) is 64.3 Å². The van der Waals surface area contributed by atoms with E-state index in [0.29, 0.717) is 24.1 Å². The summed E-state index contributed by atoms with van der Waals surface area (Å²) >= 11 is 4.92. The molecule has 0 amide bonds. The van der Waals surface area contributed by atoms with Crippen LogP contribution >= 0.6 is 12.2 Å². The molecule has 0 aliphatic carbocycles. The van der Waals surface area contributed by atoms with Gasteiger partial charge in [0.05, 0.1) is 13.2 Å². The summed E-state index contributed by atoms with van der Waals surface area (Å²) in [5.74, 6) is 0.704.